The highest BCUT2D eigenvalue weighted by molar-refractivity contribution is 5.87. The summed E-state index contributed by atoms with van der Waals surface area (Å²) in [5.41, 5.74) is 0.535. The molecule has 5 nitrogen and oxygen atoms in total. The summed E-state index contributed by atoms with van der Waals surface area (Å²) in [6.07, 6.45) is 2.81. The SMILES string of the molecule is C=CC(=O)Oc1ccc(-c2ccc(O/C=C\OC(=O)C(=C)C)c(F)c2F)cc1. The average Bonchev–Trinajstić information content (AvgIpc) is 2.68. The van der Waals surface area contributed by atoms with Crippen molar-refractivity contribution in [3.63, 3.8) is 0 Å². The van der Waals surface area contributed by atoms with Gasteiger partial charge in [0.2, 0.25) is 5.82 Å². The third-order valence-electron chi connectivity index (χ3n) is 3.37. The van der Waals surface area contributed by atoms with Gasteiger partial charge in [-0.25, -0.2) is 14.0 Å². The highest BCUT2D eigenvalue weighted by atomic mass is 19.2. The van der Waals surface area contributed by atoms with Gasteiger partial charge in [-0.05, 0) is 36.8 Å². The fourth-order valence-electron chi connectivity index (χ4n) is 2.00. The lowest BCUT2D eigenvalue weighted by Gasteiger charge is -2.09. The van der Waals surface area contributed by atoms with Gasteiger partial charge in [-0.1, -0.05) is 25.3 Å². The van der Waals surface area contributed by atoms with Gasteiger partial charge in [-0.3, -0.25) is 0 Å². The van der Waals surface area contributed by atoms with Gasteiger partial charge in [-0.2, -0.15) is 4.39 Å². The Hall–Kier alpha value is -3.74. The molecule has 2 aromatic rings. The zero-order valence-corrected chi connectivity index (χ0v) is 14.9. The topological polar surface area (TPSA) is 61.8 Å². The quantitative estimate of drug-likeness (QED) is 0.299. The lowest BCUT2D eigenvalue weighted by atomic mass is 10.0. The molecule has 0 radical (unpaired) electrons. The van der Waals surface area contributed by atoms with Gasteiger partial charge in [-0.15, -0.1) is 0 Å². The summed E-state index contributed by atoms with van der Waals surface area (Å²) in [7, 11) is 0. The molecule has 28 heavy (non-hydrogen) atoms. The number of rotatable bonds is 7. The number of ether oxygens (including phenoxy) is 3. The largest absolute Gasteiger partial charge is 0.459 e. The van der Waals surface area contributed by atoms with E-state index in [-0.39, 0.29) is 22.6 Å². The van der Waals surface area contributed by atoms with Crippen LogP contribution >= 0.6 is 0 Å². The van der Waals surface area contributed by atoms with Gasteiger partial charge in [0.25, 0.3) is 0 Å². The summed E-state index contributed by atoms with van der Waals surface area (Å²) in [5.74, 6) is -3.79. The van der Waals surface area contributed by atoms with Crippen LogP contribution in [0.15, 0.2) is 73.7 Å². The van der Waals surface area contributed by atoms with Crippen LogP contribution in [0.1, 0.15) is 6.92 Å². The van der Waals surface area contributed by atoms with Crippen molar-refractivity contribution in [3.05, 3.63) is 85.4 Å². The Labute approximate surface area is 160 Å². The van der Waals surface area contributed by atoms with Gasteiger partial charge in [0.05, 0.1) is 0 Å². The van der Waals surface area contributed by atoms with E-state index in [1.54, 1.807) is 0 Å². The van der Waals surface area contributed by atoms with Crippen LogP contribution in [-0.4, -0.2) is 11.9 Å². The Kier molecular flexibility index (Phi) is 6.81. The minimum absolute atomic E-state index is 0.0101. The number of carbonyl (C=O) groups excluding carboxylic acids is 2. The van der Waals surface area contributed by atoms with Crippen LogP contribution in [0.5, 0.6) is 11.5 Å². The van der Waals surface area contributed by atoms with Gasteiger partial charge >= 0.3 is 11.9 Å². The van der Waals surface area contributed by atoms with Gasteiger partial charge in [0.15, 0.2) is 11.6 Å². The standard InChI is InChI=1S/C21H16F2O5/c1-4-18(24)28-15-7-5-14(6-8-15)16-9-10-17(20(23)19(16)22)26-11-12-27-21(25)13(2)3/h4-12H,1-2H2,3H3/b12-11-. The molecule has 0 aliphatic carbocycles. The van der Waals surface area contributed by atoms with E-state index in [0.717, 1.165) is 18.6 Å². The van der Waals surface area contributed by atoms with Crippen LogP contribution in [0.25, 0.3) is 11.1 Å². The maximum Gasteiger partial charge on any atom is 0.338 e. The molecule has 2 aromatic carbocycles. The van der Waals surface area contributed by atoms with E-state index in [4.69, 9.17) is 9.47 Å². The number of hydrogen-bond acceptors (Lipinski definition) is 5. The normalized spacial score (nSPS) is 10.4. The predicted octanol–water partition coefficient (Wildman–Crippen LogP) is 4.69. The van der Waals surface area contributed by atoms with Crippen molar-refractivity contribution < 1.29 is 32.6 Å². The predicted molar refractivity (Wildman–Crippen MR) is 98.3 cm³/mol. The maximum absolute atomic E-state index is 14.4. The first-order valence-electron chi connectivity index (χ1n) is 7.94. The van der Waals surface area contributed by atoms with E-state index < -0.39 is 23.6 Å². The van der Waals surface area contributed by atoms with E-state index in [1.165, 1.54) is 43.3 Å². The smallest absolute Gasteiger partial charge is 0.338 e. The molecule has 0 saturated carbocycles. The minimum atomic E-state index is -1.21. The van der Waals surface area contributed by atoms with Crippen LogP contribution in [0.2, 0.25) is 0 Å². The first-order chi connectivity index (χ1) is 13.3. The Bertz CT molecular complexity index is 946. The number of hydrogen-bond donors (Lipinski definition) is 0. The first-order valence-corrected chi connectivity index (χ1v) is 7.94. The molecule has 0 amide bonds. The van der Waals surface area contributed by atoms with Gasteiger partial charge in [0.1, 0.15) is 18.3 Å². The molecular formula is C21H16F2O5. The van der Waals surface area contributed by atoms with E-state index in [2.05, 4.69) is 17.9 Å². The average molecular weight is 386 g/mol. The molecule has 0 bridgehead atoms. The summed E-state index contributed by atoms with van der Waals surface area (Å²) < 4.78 is 43.1. The Morgan fingerprint density at radius 2 is 1.68 bits per heavy atom. The van der Waals surface area contributed by atoms with Crippen molar-refractivity contribution in [3.8, 4) is 22.6 Å². The molecule has 0 N–H and O–H groups in total. The highest BCUT2D eigenvalue weighted by Gasteiger charge is 2.16. The van der Waals surface area contributed by atoms with Crippen LogP contribution in [0.3, 0.4) is 0 Å². The lowest BCUT2D eigenvalue weighted by molar-refractivity contribution is -0.133. The van der Waals surface area contributed by atoms with Crippen LogP contribution < -0.4 is 9.47 Å². The van der Waals surface area contributed by atoms with Crippen molar-refractivity contribution >= 4 is 11.9 Å². The van der Waals surface area contributed by atoms with Crippen LogP contribution in [0.4, 0.5) is 8.78 Å². The summed E-state index contributed by atoms with van der Waals surface area (Å²) in [6, 6.07) is 8.38. The fraction of sp³-hybridized carbons (Fsp3) is 0.0476. The molecule has 0 unspecified atom stereocenters. The lowest BCUT2D eigenvalue weighted by Crippen LogP contribution is -2.02. The van der Waals surface area contributed by atoms with Crippen LogP contribution in [0, 0.1) is 11.6 Å². The van der Waals surface area contributed by atoms with Gasteiger partial charge in [0, 0.05) is 17.2 Å². The number of esters is 2. The Morgan fingerprint density at radius 3 is 2.29 bits per heavy atom. The molecular weight excluding hydrogens is 370 g/mol. The molecule has 0 aromatic heterocycles. The van der Waals surface area contributed by atoms with Crippen molar-refractivity contribution in [1.29, 1.82) is 0 Å². The molecule has 0 saturated heterocycles. The highest BCUT2D eigenvalue weighted by Crippen LogP contribution is 2.31. The maximum atomic E-state index is 14.4. The second kappa shape index (κ2) is 9.27. The molecule has 144 valence electrons. The summed E-state index contributed by atoms with van der Waals surface area (Å²) in [6.45, 7) is 8.13. The third kappa shape index (κ3) is 5.14. The summed E-state index contributed by atoms with van der Waals surface area (Å²) in [5, 5.41) is 0. The van der Waals surface area contributed by atoms with Crippen molar-refractivity contribution in [2.24, 2.45) is 0 Å². The summed E-state index contributed by atoms with van der Waals surface area (Å²) >= 11 is 0. The molecule has 0 heterocycles. The van der Waals surface area contributed by atoms with E-state index >= 15 is 0 Å². The summed E-state index contributed by atoms with van der Waals surface area (Å²) in [4.78, 5) is 22.3. The molecule has 2 rings (SSSR count). The molecule has 0 aliphatic rings. The monoisotopic (exact) mass is 386 g/mol. The minimum Gasteiger partial charge on any atom is -0.459 e. The van der Waals surface area contributed by atoms with Crippen molar-refractivity contribution in [1.82, 2.24) is 0 Å². The molecule has 0 aliphatic heterocycles. The Morgan fingerprint density at radius 1 is 1.00 bits per heavy atom. The van der Waals surface area contributed by atoms with Crippen molar-refractivity contribution in [2.45, 2.75) is 6.92 Å². The Balaban J connectivity index is 2.14. The van der Waals surface area contributed by atoms with Crippen LogP contribution in [-0.2, 0) is 14.3 Å². The molecule has 0 spiro atoms. The fourth-order valence-corrected chi connectivity index (χ4v) is 2.00. The van der Waals surface area contributed by atoms with E-state index in [9.17, 15) is 18.4 Å². The number of halogens is 2. The number of carbonyl (C=O) groups is 2. The second-order valence-electron chi connectivity index (χ2n) is 5.46. The van der Waals surface area contributed by atoms with Gasteiger partial charge < -0.3 is 14.2 Å². The molecule has 0 atom stereocenters. The number of benzene rings is 2. The second-order valence-corrected chi connectivity index (χ2v) is 5.46. The molecule has 7 heteroatoms. The zero-order chi connectivity index (χ0) is 20.7. The van der Waals surface area contributed by atoms with E-state index in [0.29, 0.717) is 5.56 Å². The van der Waals surface area contributed by atoms with E-state index in [1.807, 2.05) is 0 Å². The first kappa shape index (κ1) is 20.6. The molecule has 0 fully saturated rings. The zero-order valence-electron chi connectivity index (χ0n) is 14.9. The third-order valence-corrected chi connectivity index (χ3v) is 3.37. The van der Waals surface area contributed by atoms with Crippen molar-refractivity contribution in [2.75, 3.05) is 0 Å².